The maximum Gasteiger partial charge on any atom is 0.272 e. The Morgan fingerprint density at radius 2 is 1.55 bits per heavy atom. The van der Waals surface area contributed by atoms with Gasteiger partial charge in [-0.25, -0.2) is 4.98 Å². The minimum atomic E-state index is -0.466. The van der Waals surface area contributed by atoms with Gasteiger partial charge in [0.15, 0.2) is 5.13 Å². The van der Waals surface area contributed by atoms with E-state index < -0.39 is 5.91 Å². The Morgan fingerprint density at radius 3 is 2.26 bits per heavy atom. The van der Waals surface area contributed by atoms with Gasteiger partial charge in [0, 0.05) is 20.6 Å². The minimum Gasteiger partial charge on any atom is -0.321 e. The second kappa shape index (κ2) is 13.6. The Labute approximate surface area is 259 Å². The van der Waals surface area contributed by atoms with E-state index in [0.717, 1.165) is 25.1 Å². The summed E-state index contributed by atoms with van der Waals surface area (Å²) in [5.41, 5.74) is 2.69. The molecule has 3 amide bonds. The molecule has 0 saturated carbocycles. The zero-order valence-electron chi connectivity index (χ0n) is 22.3. The molecule has 0 fully saturated rings. The normalized spacial score (nSPS) is 12.0. The number of rotatable bonds is 9. The molecule has 5 aromatic rings. The van der Waals surface area contributed by atoms with Crippen LogP contribution < -0.4 is 16.0 Å². The summed E-state index contributed by atoms with van der Waals surface area (Å²) in [5, 5.41) is 8.69. The summed E-state index contributed by atoms with van der Waals surface area (Å²) in [6, 6.07) is 31.0. The summed E-state index contributed by atoms with van der Waals surface area (Å²) in [5.74, 6) is -1.00. The number of hydrogen-bond acceptors (Lipinski definition) is 6. The second-order valence-corrected chi connectivity index (χ2v) is 12.5. The number of fused-ring (bicyclic) bond motifs is 1. The monoisotopic (exact) mass is 656 g/mol. The second-order valence-electron chi connectivity index (χ2n) is 9.14. The van der Waals surface area contributed by atoms with Gasteiger partial charge in [-0.3, -0.25) is 14.4 Å². The SMILES string of the molecule is CC(Sc1ccc(NC(=O)/C(=C/c2ccc(Br)cc2)NC(=O)c2ccccc2)cc1)C(=O)Nc1nc2ccccc2s1. The summed E-state index contributed by atoms with van der Waals surface area (Å²) in [6.45, 7) is 1.83. The lowest BCUT2D eigenvalue weighted by molar-refractivity contribution is -0.115. The molecule has 1 heterocycles. The molecule has 0 spiro atoms. The molecule has 0 radical (unpaired) electrons. The maximum atomic E-state index is 13.3. The molecule has 0 aliphatic carbocycles. The molecule has 210 valence electrons. The van der Waals surface area contributed by atoms with Crippen LogP contribution in [0.4, 0.5) is 10.8 Å². The van der Waals surface area contributed by atoms with Crippen LogP contribution in [0, 0.1) is 0 Å². The van der Waals surface area contributed by atoms with Gasteiger partial charge in [0.1, 0.15) is 5.70 Å². The van der Waals surface area contributed by atoms with Crippen molar-refractivity contribution in [1.29, 1.82) is 0 Å². The fraction of sp³-hybridized carbons (Fsp3) is 0.0625. The third-order valence-corrected chi connectivity index (χ3v) is 8.62. The van der Waals surface area contributed by atoms with Gasteiger partial charge in [-0.2, -0.15) is 0 Å². The molecular weight excluding hydrogens is 632 g/mol. The van der Waals surface area contributed by atoms with E-state index in [1.807, 2.05) is 73.7 Å². The van der Waals surface area contributed by atoms with Crippen LogP contribution in [0.2, 0.25) is 0 Å². The molecule has 0 saturated heterocycles. The summed E-state index contributed by atoms with van der Waals surface area (Å²) in [7, 11) is 0. The number of para-hydroxylation sites is 1. The summed E-state index contributed by atoms with van der Waals surface area (Å²) in [6.07, 6.45) is 1.62. The Kier molecular flexibility index (Phi) is 9.48. The van der Waals surface area contributed by atoms with E-state index >= 15 is 0 Å². The van der Waals surface area contributed by atoms with E-state index in [0.29, 0.717) is 16.4 Å². The fourth-order valence-electron chi connectivity index (χ4n) is 3.87. The highest BCUT2D eigenvalue weighted by Crippen LogP contribution is 2.29. The fourth-order valence-corrected chi connectivity index (χ4v) is 5.87. The van der Waals surface area contributed by atoms with Gasteiger partial charge in [0.05, 0.1) is 15.5 Å². The molecular formula is C32H25BrN4O3S2. The first-order chi connectivity index (χ1) is 20.3. The predicted octanol–water partition coefficient (Wildman–Crippen LogP) is 7.59. The Balaban J connectivity index is 1.23. The number of anilines is 2. The number of carbonyl (C=O) groups is 3. The quantitative estimate of drug-likeness (QED) is 0.112. The topological polar surface area (TPSA) is 100 Å². The Morgan fingerprint density at radius 1 is 0.857 bits per heavy atom. The molecule has 1 unspecified atom stereocenters. The summed E-state index contributed by atoms with van der Waals surface area (Å²) >= 11 is 6.25. The number of benzene rings is 4. The third-order valence-electron chi connectivity index (χ3n) is 6.03. The predicted molar refractivity (Wildman–Crippen MR) is 175 cm³/mol. The van der Waals surface area contributed by atoms with E-state index in [1.54, 1.807) is 42.5 Å². The van der Waals surface area contributed by atoms with Crippen molar-refractivity contribution in [3.8, 4) is 0 Å². The lowest BCUT2D eigenvalue weighted by Gasteiger charge is -2.13. The van der Waals surface area contributed by atoms with Gasteiger partial charge >= 0.3 is 0 Å². The first kappa shape index (κ1) is 29.2. The van der Waals surface area contributed by atoms with Crippen LogP contribution in [0.25, 0.3) is 16.3 Å². The lowest BCUT2D eigenvalue weighted by atomic mass is 10.1. The lowest BCUT2D eigenvalue weighted by Crippen LogP contribution is -2.30. The first-order valence-electron chi connectivity index (χ1n) is 12.9. The van der Waals surface area contributed by atoms with Gasteiger partial charge in [-0.1, -0.05) is 69.7 Å². The number of halogens is 1. The number of amides is 3. The smallest absolute Gasteiger partial charge is 0.272 e. The van der Waals surface area contributed by atoms with Crippen LogP contribution in [0.5, 0.6) is 0 Å². The van der Waals surface area contributed by atoms with Gasteiger partial charge < -0.3 is 16.0 Å². The third kappa shape index (κ3) is 7.73. The number of thiazole rings is 1. The first-order valence-corrected chi connectivity index (χ1v) is 15.4. The van der Waals surface area contributed by atoms with E-state index in [2.05, 4.69) is 36.9 Å². The number of nitrogens with one attached hydrogen (secondary N) is 3. The van der Waals surface area contributed by atoms with Crippen molar-refractivity contribution >= 4 is 83.9 Å². The average molecular weight is 658 g/mol. The average Bonchev–Trinajstić information content (AvgIpc) is 3.41. The highest BCUT2D eigenvalue weighted by atomic mass is 79.9. The van der Waals surface area contributed by atoms with Crippen LogP contribution in [-0.2, 0) is 9.59 Å². The zero-order valence-corrected chi connectivity index (χ0v) is 25.6. The van der Waals surface area contributed by atoms with E-state index in [9.17, 15) is 14.4 Å². The number of aromatic nitrogens is 1. The molecule has 1 aromatic heterocycles. The van der Waals surface area contributed by atoms with Gasteiger partial charge in [-0.05, 0) is 79.2 Å². The highest BCUT2D eigenvalue weighted by molar-refractivity contribution is 9.10. The van der Waals surface area contributed by atoms with Crippen molar-refractivity contribution in [2.75, 3.05) is 10.6 Å². The van der Waals surface area contributed by atoms with Crippen molar-refractivity contribution in [1.82, 2.24) is 10.3 Å². The van der Waals surface area contributed by atoms with Crippen LogP contribution in [0.3, 0.4) is 0 Å². The van der Waals surface area contributed by atoms with Crippen molar-refractivity contribution in [2.24, 2.45) is 0 Å². The van der Waals surface area contributed by atoms with Crippen molar-refractivity contribution in [3.05, 3.63) is 124 Å². The Bertz CT molecular complexity index is 1720. The van der Waals surface area contributed by atoms with Crippen LogP contribution in [0.1, 0.15) is 22.8 Å². The minimum absolute atomic E-state index is 0.102. The van der Waals surface area contributed by atoms with Gasteiger partial charge in [0.2, 0.25) is 5.91 Å². The van der Waals surface area contributed by atoms with Crippen molar-refractivity contribution in [3.63, 3.8) is 0 Å². The zero-order chi connectivity index (χ0) is 29.5. The molecule has 7 nitrogen and oxygen atoms in total. The molecule has 0 bridgehead atoms. The molecule has 1 atom stereocenters. The molecule has 0 aliphatic heterocycles. The summed E-state index contributed by atoms with van der Waals surface area (Å²) in [4.78, 5) is 44.2. The number of nitrogens with zero attached hydrogens (tertiary/aromatic N) is 1. The largest absolute Gasteiger partial charge is 0.321 e. The molecule has 10 heteroatoms. The Hall–Kier alpha value is -4.25. The number of hydrogen-bond donors (Lipinski definition) is 3. The van der Waals surface area contributed by atoms with Crippen LogP contribution in [-0.4, -0.2) is 28.0 Å². The van der Waals surface area contributed by atoms with Crippen LogP contribution >= 0.6 is 39.0 Å². The molecule has 4 aromatic carbocycles. The molecule has 42 heavy (non-hydrogen) atoms. The van der Waals surface area contributed by atoms with E-state index in [1.165, 1.54) is 23.1 Å². The summed E-state index contributed by atoms with van der Waals surface area (Å²) < 4.78 is 1.92. The highest BCUT2D eigenvalue weighted by Gasteiger charge is 2.18. The van der Waals surface area contributed by atoms with Crippen molar-refractivity contribution < 1.29 is 14.4 Å². The molecule has 3 N–H and O–H groups in total. The van der Waals surface area contributed by atoms with Crippen LogP contribution in [0.15, 0.2) is 118 Å². The van der Waals surface area contributed by atoms with E-state index in [4.69, 9.17) is 0 Å². The molecule has 0 aliphatic rings. The van der Waals surface area contributed by atoms with Gasteiger partial charge in [0.25, 0.3) is 11.8 Å². The number of thioether (sulfide) groups is 1. The van der Waals surface area contributed by atoms with Crippen molar-refractivity contribution in [2.45, 2.75) is 17.1 Å². The van der Waals surface area contributed by atoms with E-state index in [-0.39, 0.29) is 22.8 Å². The standard InChI is InChI=1S/C32H25BrN4O3S2/c1-20(29(38)37-32-36-26-9-5-6-10-28(26)42-32)41-25-17-15-24(16-18-25)34-31(40)27(19-21-11-13-23(33)14-12-21)35-30(39)22-7-3-2-4-8-22/h2-20H,1H3,(H,34,40)(H,35,39)(H,36,37,38)/b27-19-. The molecule has 5 rings (SSSR count). The van der Waals surface area contributed by atoms with Gasteiger partial charge in [-0.15, -0.1) is 11.8 Å². The number of carbonyl (C=O) groups excluding carboxylic acids is 3. The maximum absolute atomic E-state index is 13.3.